The van der Waals surface area contributed by atoms with E-state index in [1.165, 1.54) is 26.1 Å². The molecule has 8 unspecified atom stereocenters. The standard InChI is InChI=1S/3C13H27N/c1-9(2)12-7-8-14(11(5)6)13(12)10(3)4;2*1-8(2)11-7-14-13(10(5)6)12(11)9(3)4/h9-13H,7-8H2,1-6H3;2*8-14H,7H2,1-6H3. The molecule has 3 aliphatic heterocycles. The van der Waals surface area contributed by atoms with E-state index in [-0.39, 0.29) is 0 Å². The van der Waals surface area contributed by atoms with Crippen LogP contribution in [-0.2, 0) is 0 Å². The van der Waals surface area contributed by atoms with E-state index in [1.54, 1.807) is 0 Å². The van der Waals surface area contributed by atoms with Crippen molar-refractivity contribution in [1.29, 1.82) is 0 Å². The minimum Gasteiger partial charge on any atom is -0.313 e. The van der Waals surface area contributed by atoms with E-state index < -0.39 is 0 Å². The van der Waals surface area contributed by atoms with Gasteiger partial charge in [0.15, 0.2) is 0 Å². The van der Waals surface area contributed by atoms with Crippen LogP contribution in [0.3, 0.4) is 0 Å². The first-order valence-corrected chi connectivity index (χ1v) is 18.6. The molecule has 0 bridgehead atoms. The van der Waals surface area contributed by atoms with Crippen molar-refractivity contribution in [2.45, 2.75) is 155 Å². The summed E-state index contributed by atoms with van der Waals surface area (Å²) in [4.78, 5) is 2.70. The average molecular weight is 592 g/mol. The summed E-state index contributed by atoms with van der Waals surface area (Å²) in [5.41, 5.74) is 0. The van der Waals surface area contributed by atoms with Crippen molar-refractivity contribution >= 4 is 0 Å². The number of hydrogen-bond donors (Lipinski definition) is 2. The summed E-state index contributed by atoms with van der Waals surface area (Å²) in [5.74, 6) is 10.8. The number of nitrogens with one attached hydrogen (secondary N) is 2. The van der Waals surface area contributed by atoms with Gasteiger partial charge in [0.05, 0.1) is 0 Å². The summed E-state index contributed by atoms with van der Waals surface area (Å²) < 4.78 is 0. The van der Waals surface area contributed by atoms with Gasteiger partial charge in [-0.3, -0.25) is 4.90 Å². The largest absolute Gasteiger partial charge is 0.313 e. The van der Waals surface area contributed by atoms with E-state index >= 15 is 0 Å². The molecule has 3 nitrogen and oxygen atoms in total. The van der Waals surface area contributed by atoms with E-state index in [0.29, 0.717) is 6.04 Å². The van der Waals surface area contributed by atoms with Crippen LogP contribution in [0.25, 0.3) is 0 Å². The highest BCUT2D eigenvalue weighted by molar-refractivity contribution is 4.95. The van der Waals surface area contributed by atoms with Gasteiger partial charge in [0, 0.05) is 24.2 Å². The maximum Gasteiger partial charge on any atom is 0.0152 e. The molecule has 0 aromatic carbocycles. The molecule has 3 rings (SSSR count). The van der Waals surface area contributed by atoms with Crippen molar-refractivity contribution in [3.8, 4) is 0 Å². The highest BCUT2D eigenvalue weighted by Crippen LogP contribution is 2.38. The van der Waals surface area contributed by atoms with Crippen LogP contribution in [0, 0.1) is 76.9 Å². The third-order valence-electron chi connectivity index (χ3n) is 11.4. The zero-order valence-corrected chi connectivity index (χ0v) is 32.1. The summed E-state index contributed by atoms with van der Waals surface area (Å²) in [6.45, 7) is 46.3. The fourth-order valence-electron chi connectivity index (χ4n) is 9.23. The van der Waals surface area contributed by atoms with Crippen LogP contribution in [0.1, 0.15) is 131 Å². The normalized spacial score (nSPS) is 32.4. The van der Waals surface area contributed by atoms with Crippen LogP contribution in [0.4, 0.5) is 0 Å². The minimum atomic E-state index is 0.714. The van der Waals surface area contributed by atoms with Crippen molar-refractivity contribution < 1.29 is 0 Å². The van der Waals surface area contributed by atoms with Crippen molar-refractivity contribution in [2.24, 2.45) is 76.9 Å². The van der Waals surface area contributed by atoms with Crippen molar-refractivity contribution in [2.75, 3.05) is 19.6 Å². The lowest BCUT2D eigenvalue weighted by Gasteiger charge is -2.35. The molecule has 3 heterocycles. The molecule has 3 aliphatic rings. The lowest BCUT2D eigenvalue weighted by molar-refractivity contribution is 0.125. The third-order valence-corrected chi connectivity index (χ3v) is 11.4. The van der Waals surface area contributed by atoms with Crippen LogP contribution in [0.15, 0.2) is 0 Å². The number of likely N-dealkylation sites (tertiary alicyclic amines) is 1. The molecule has 0 aromatic heterocycles. The van der Waals surface area contributed by atoms with Gasteiger partial charge in [-0.1, -0.05) is 111 Å². The highest BCUT2D eigenvalue weighted by atomic mass is 15.2. The molecule has 0 aromatic rings. The van der Waals surface area contributed by atoms with E-state index in [2.05, 4.69) is 140 Å². The molecular formula is C39H81N3. The summed E-state index contributed by atoms with van der Waals surface area (Å²) in [5, 5.41) is 7.44. The first-order chi connectivity index (χ1) is 19.3. The minimum absolute atomic E-state index is 0.714. The Kier molecular flexibility index (Phi) is 17.2. The number of rotatable bonds is 9. The molecule has 0 radical (unpaired) electrons. The van der Waals surface area contributed by atoms with Gasteiger partial charge in [-0.2, -0.15) is 0 Å². The predicted octanol–water partition coefficient (Wildman–Crippen LogP) is 9.71. The second kappa shape index (κ2) is 18.1. The first-order valence-electron chi connectivity index (χ1n) is 18.6. The van der Waals surface area contributed by atoms with Gasteiger partial charge in [-0.15, -0.1) is 0 Å². The molecule has 0 spiro atoms. The molecule has 252 valence electrons. The Hall–Kier alpha value is -0.120. The van der Waals surface area contributed by atoms with E-state index in [1.807, 2.05) is 0 Å². The summed E-state index contributed by atoms with van der Waals surface area (Å²) in [6, 6.07) is 3.01. The molecule has 42 heavy (non-hydrogen) atoms. The topological polar surface area (TPSA) is 27.3 Å². The van der Waals surface area contributed by atoms with Gasteiger partial charge in [-0.05, 0) is 117 Å². The fraction of sp³-hybridized carbons (Fsp3) is 1.00. The second-order valence-corrected chi connectivity index (χ2v) is 17.6. The van der Waals surface area contributed by atoms with Gasteiger partial charge in [0.25, 0.3) is 0 Å². The number of nitrogens with zero attached hydrogens (tertiary/aromatic N) is 1. The Morgan fingerprint density at radius 3 is 1.02 bits per heavy atom. The van der Waals surface area contributed by atoms with E-state index in [0.717, 1.165) is 95.1 Å². The van der Waals surface area contributed by atoms with Gasteiger partial charge in [-0.25, -0.2) is 0 Å². The van der Waals surface area contributed by atoms with Crippen molar-refractivity contribution in [3.05, 3.63) is 0 Å². The number of hydrogen-bond acceptors (Lipinski definition) is 3. The van der Waals surface area contributed by atoms with E-state index in [9.17, 15) is 0 Å². The summed E-state index contributed by atoms with van der Waals surface area (Å²) in [7, 11) is 0. The summed E-state index contributed by atoms with van der Waals surface area (Å²) in [6.07, 6.45) is 1.40. The van der Waals surface area contributed by atoms with Crippen molar-refractivity contribution in [3.63, 3.8) is 0 Å². The lowest BCUT2D eigenvalue weighted by atomic mass is 9.74. The van der Waals surface area contributed by atoms with Gasteiger partial charge < -0.3 is 10.6 Å². The van der Waals surface area contributed by atoms with Crippen LogP contribution in [0.5, 0.6) is 0 Å². The van der Waals surface area contributed by atoms with Gasteiger partial charge in [0.2, 0.25) is 0 Å². The quantitative estimate of drug-likeness (QED) is 0.279. The maximum absolute atomic E-state index is 3.72. The zero-order chi connectivity index (χ0) is 32.6. The van der Waals surface area contributed by atoms with Gasteiger partial charge in [0.1, 0.15) is 0 Å². The Morgan fingerprint density at radius 2 is 0.786 bits per heavy atom. The van der Waals surface area contributed by atoms with Crippen LogP contribution in [-0.4, -0.2) is 48.7 Å². The molecule has 0 saturated carbocycles. The first kappa shape index (κ1) is 39.9. The van der Waals surface area contributed by atoms with Gasteiger partial charge >= 0.3 is 0 Å². The fourth-order valence-corrected chi connectivity index (χ4v) is 9.23. The van der Waals surface area contributed by atoms with Crippen molar-refractivity contribution in [1.82, 2.24) is 15.5 Å². The Bertz CT molecular complexity index is 563. The molecule has 0 aliphatic carbocycles. The molecule has 2 N–H and O–H groups in total. The van der Waals surface area contributed by atoms with Crippen LogP contribution < -0.4 is 10.6 Å². The molecule has 3 saturated heterocycles. The lowest BCUT2D eigenvalue weighted by Crippen LogP contribution is -2.42. The third kappa shape index (κ3) is 10.8. The summed E-state index contributed by atoms with van der Waals surface area (Å²) >= 11 is 0. The van der Waals surface area contributed by atoms with Crippen LogP contribution in [0.2, 0.25) is 0 Å². The smallest absolute Gasteiger partial charge is 0.0152 e. The monoisotopic (exact) mass is 592 g/mol. The average Bonchev–Trinajstić information content (AvgIpc) is 3.61. The zero-order valence-electron chi connectivity index (χ0n) is 32.1. The highest BCUT2D eigenvalue weighted by Gasteiger charge is 2.41. The molecule has 3 heteroatoms. The predicted molar refractivity (Wildman–Crippen MR) is 190 cm³/mol. The maximum atomic E-state index is 3.72. The second-order valence-electron chi connectivity index (χ2n) is 17.6. The molecule has 3 fully saturated rings. The Labute approximate surface area is 266 Å². The Balaban J connectivity index is 0.000000315. The Morgan fingerprint density at radius 1 is 0.429 bits per heavy atom. The SMILES string of the molecule is CC(C)C1CCN(C(C)C)C1C(C)C.CC(C)C1CNC(C(C)C)C1C(C)C.CC(C)C1CNC(C(C)C)C1C(C)C. The molecule has 0 amide bonds. The van der Waals surface area contributed by atoms with E-state index in [4.69, 9.17) is 0 Å². The molecular weight excluding hydrogens is 510 g/mol. The van der Waals surface area contributed by atoms with Crippen LogP contribution >= 0.6 is 0 Å². The molecule has 8 atom stereocenters.